The van der Waals surface area contributed by atoms with Crippen molar-refractivity contribution in [2.45, 2.75) is 6.92 Å². The summed E-state index contributed by atoms with van der Waals surface area (Å²) in [4.78, 5) is 9.01. The molecule has 0 N–H and O–H groups in total. The summed E-state index contributed by atoms with van der Waals surface area (Å²) in [6.45, 7) is 2.07. The second-order valence-electron chi connectivity index (χ2n) is 5.55. The molecule has 2 heterocycles. The maximum Gasteiger partial charge on any atom is 0.0965 e. The topological polar surface area (TPSA) is 25.8 Å². The summed E-state index contributed by atoms with van der Waals surface area (Å²) in [6, 6.07) is 18.4. The van der Waals surface area contributed by atoms with Gasteiger partial charge >= 0.3 is 0 Å². The number of benzene rings is 2. The molecule has 4 rings (SSSR count). The maximum atomic E-state index is 4.57. The van der Waals surface area contributed by atoms with Crippen LogP contribution in [0.3, 0.4) is 0 Å². The first kappa shape index (κ1) is 13.5. The van der Waals surface area contributed by atoms with E-state index in [9.17, 15) is 0 Å². The molecule has 0 aliphatic rings. The minimum absolute atomic E-state index is 0.911. The Hall–Kier alpha value is -3.18. The zero-order valence-corrected chi connectivity index (χ0v) is 12.7. The van der Waals surface area contributed by atoms with Crippen LogP contribution in [0.5, 0.6) is 0 Å². The zero-order valence-electron chi connectivity index (χ0n) is 12.7. The molecule has 0 unspecified atom stereocenters. The summed E-state index contributed by atoms with van der Waals surface area (Å²) in [5, 5.41) is 2.16. The van der Waals surface area contributed by atoms with Crippen LogP contribution in [-0.2, 0) is 0 Å². The highest BCUT2D eigenvalue weighted by atomic mass is 14.7. The molecule has 0 atom stereocenters. The zero-order chi connectivity index (χ0) is 15.6. The predicted octanol–water partition coefficient (Wildman–Crippen LogP) is 4.49. The first-order valence-electron chi connectivity index (χ1n) is 7.52. The van der Waals surface area contributed by atoms with Gasteiger partial charge in [-0.3, -0.25) is 9.97 Å². The molecular weight excluding hydrogens is 280 g/mol. The summed E-state index contributed by atoms with van der Waals surface area (Å²) in [5.41, 5.74) is 5.01. The third kappa shape index (κ3) is 2.65. The predicted molar refractivity (Wildman–Crippen MR) is 94.2 cm³/mol. The van der Waals surface area contributed by atoms with E-state index in [1.807, 2.05) is 24.4 Å². The van der Waals surface area contributed by atoms with Gasteiger partial charge in [-0.15, -0.1) is 0 Å². The number of hydrogen-bond acceptors (Lipinski definition) is 2. The van der Waals surface area contributed by atoms with Gasteiger partial charge in [-0.1, -0.05) is 47.7 Å². The van der Waals surface area contributed by atoms with E-state index in [2.05, 4.69) is 65.1 Å². The van der Waals surface area contributed by atoms with Crippen LogP contribution in [0.2, 0.25) is 0 Å². The summed E-state index contributed by atoms with van der Waals surface area (Å²) in [5.74, 6) is 6.37. The Kier molecular flexibility index (Phi) is 3.25. The third-order valence-electron chi connectivity index (χ3n) is 3.83. The quantitative estimate of drug-likeness (QED) is 0.353. The van der Waals surface area contributed by atoms with E-state index in [1.54, 1.807) is 6.20 Å². The Bertz CT molecular complexity index is 1070. The van der Waals surface area contributed by atoms with E-state index in [0.29, 0.717) is 0 Å². The Morgan fingerprint density at radius 3 is 2.35 bits per heavy atom. The van der Waals surface area contributed by atoms with Gasteiger partial charge < -0.3 is 0 Å². The van der Waals surface area contributed by atoms with Crippen molar-refractivity contribution < 1.29 is 0 Å². The summed E-state index contributed by atoms with van der Waals surface area (Å²) in [6.07, 6.45) is 3.62. The van der Waals surface area contributed by atoms with Crippen LogP contribution in [-0.4, -0.2) is 9.97 Å². The number of nitrogens with zero attached hydrogens (tertiary/aromatic N) is 2. The van der Waals surface area contributed by atoms with Crippen molar-refractivity contribution in [2.24, 2.45) is 0 Å². The van der Waals surface area contributed by atoms with Crippen LogP contribution in [0.15, 0.2) is 67.0 Å². The van der Waals surface area contributed by atoms with E-state index in [-0.39, 0.29) is 0 Å². The van der Waals surface area contributed by atoms with Crippen molar-refractivity contribution in [3.05, 3.63) is 83.7 Å². The number of pyridine rings is 2. The molecule has 4 aromatic rings. The molecule has 0 fully saturated rings. The molecule has 23 heavy (non-hydrogen) atoms. The fourth-order valence-corrected chi connectivity index (χ4v) is 2.59. The minimum Gasteiger partial charge on any atom is -0.254 e. The van der Waals surface area contributed by atoms with E-state index in [0.717, 1.165) is 32.9 Å². The first-order valence-corrected chi connectivity index (χ1v) is 7.52. The smallest absolute Gasteiger partial charge is 0.0965 e. The summed E-state index contributed by atoms with van der Waals surface area (Å²) < 4.78 is 0. The van der Waals surface area contributed by atoms with E-state index >= 15 is 0 Å². The molecule has 0 radical (unpaired) electrons. The lowest BCUT2D eigenvalue weighted by atomic mass is 10.1. The third-order valence-corrected chi connectivity index (χ3v) is 3.83. The number of rotatable bonds is 0. The van der Waals surface area contributed by atoms with Crippen LogP contribution < -0.4 is 0 Å². The lowest BCUT2D eigenvalue weighted by Gasteiger charge is -2.02. The van der Waals surface area contributed by atoms with Gasteiger partial charge in [-0.05, 0) is 31.2 Å². The second kappa shape index (κ2) is 5.55. The molecule has 0 amide bonds. The Labute approximate surface area is 134 Å². The van der Waals surface area contributed by atoms with Crippen molar-refractivity contribution in [1.82, 2.24) is 9.97 Å². The number of aromatic nitrogens is 2. The van der Waals surface area contributed by atoms with Crippen LogP contribution in [0.1, 0.15) is 16.7 Å². The summed E-state index contributed by atoms with van der Waals surface area (Å²) in [7, 11) is 0. The molecule has 2 aromatic carbocycles. The van der Waals surface area contributed by atoms with Gasteiger partial charge in [0.25, 0.3) is 0 Å². The van der Waals surface area contributed by atoms with E-state index < -0.39 is 0 Å². The van der Waals surface area contributed by atoms with Crippen molar-refractivity contribution in [1.29, 1.82) is 0 Å². The highest BCUT2D eigenvalue weighted by Gasteiger charge is 2.02. The molecule has 0 spiro atoms. The minimum atomic E-state index is 0.911. The number of hydrogen-bond donors (Lipinski definition) is 0. The van der Waals surface area contributed by atoms with E-state index in [4.69, 9.17) is 0 Å². The maximum absolute atomic E-state index is 4.57. The van der Waals surface area contributed by atoms with Crippen molar-refractivity contribution in [2.75, 3.05) is 0 Å². The lowest BCUT2D eigenvalue weighted by molar-refractivity contribution is 1.36. The molecule has 0 saturated heterocycles. The molecular formula is C21H14N2. The van der Waals surface area contributed by atoms with E-state index in [1.165, 1.54) is 5.56 Å². The van der Waals surface area contributed by atoms with Gasteiger partial charge in [-0.25, -0.2) is 0 Å². The first-order chi connectivity index (χ1) is 11.3. The van der Waals surface area contributed by atoms with Crippen LogP contribution in [0.25, 0.3) is 21.8 Å². The fraction of sp³-hybridized carbons (Fsp3) is 0.0476. The van der Waals surface area contributed by atoms with Crippen molar-refractivity contribution in [3.8, 4) is 11.8 Å². The van der Waals surface area contributed by atoms with Gasteiger partial charge in [-0.2, -0.15) is 0 Å². The highest BCUT2D eigenvalue weighted by Crippen LogP contribution is 2.22. The molecule has 2 heteroatoms. The average Bonchev–Trinajstić information content (AvgIpc) is 2.61. The molecule has 108 valence electrons. The molecule has 0 saturated carbocycles. The monoisotopic (exact) mass is 294 g/mol. The van der Waals surface area contributed by atoms with Gasteiger partial charge in [0.15, 0.2) is 0 Å². The number of fused-ring (bicyclic) bond motifs is 3. The second-order valence-corrected chi connectivity index (χ2v) is 5.55. The van der Waals surface area contributed by atoms with Crippen molar-refractivity contribution in [3.63, 3.8) is 0 Å². The van der Waals surface area contributed by atoms with Crippen LogP contribution in [0, 0.1) is 18.8 Å². The SMILES string of the molecule is Cc1ccc(C#Cc2cnc3c(ccc4cccnc43)c2)cc1. The molecule has 2 aromatic heterocycles. The van der Waals surface area contributed by atoms with Gasteiger partial charge in [0, 0.05) is 34.3 Å². The Morgan fingerprint density at radius 2 is 1.48 bits per heavy atom. The van der Waals surface area contributed by atoms with Crippen molar-refractivity contribution >= 4 is 21.8 Å². The van der Waals surface area contributed by atoms with Gasteiger partial charge in [0.05, 0.1) is 11.0 Å². The average molecular weight is 294 g/mol. The van der Waals surface area contributed by atoms with Crippen LogP contribution in [0.4, 0.5) is 0 Å². The molecule has 2 nitrogen and oxygen atoms in total. The van der Waals surface area contributed by atoms with Gasteiger partial charge in [0.2, 0.25) is 0 Å². The number of aryl methyl sites for hydroxylation is 1. The molecule has 0 bridgehead atoms. The normalized spacial score (nSPS) is 10.5. The van der Waals surface area contributed by atoms with Gasteiger partial charge in [0.1, 0.15) is 0 Å². The largest absolute Gasteiger partial charge is 0.254 e. The lowest BCUT2D eigenvalue weighted by Crippen LogP contribution is -1.86. The molecule has 0 aliphatic carbocycles. The standard InChI is InChI=1S/C21H14N2/c1-15-4-6-16(7-5-15)8-9-17-13-19-11-10-18-3-2-12-22-20(18)21(19)23-14-17/h2-7,10-14H,1H3. The molecule has 0 aliphatic heterocycles. The highest BCUT2D eigenvalue weighted by molar-refractivity contribution is 6.02. The Balaban J connectivity index is 1.78. The van der Waals surface area contributed by atoms with Crippen LogP contribution >= 0.6 is 0 Å². The Morgan fingerprint density at radius 1 is 0.739 bits per heavy atom. The summed E-state index contributed by atoms with van der Waals surface area (Å²) >= 11 is 0. The fourth-order valence-electron chi connectivity index (χ4n) is 2.59.